The summed E-state index contributed by atoms with van der Waals surface area (Å²) in [4.78, 5) is 16.3. The highest BCUT2D eigenvalue weighted by molar-refractivity contribution is 6.30. The van der Waals surface area contributed by atoms with Crippen LogP contribution in [0.15, 0.2) is 91.0 Å². The minimum Gasteiger partial charge on any atom is -0.478 e. The van der Waals surface area contributed by atoms with E-state index in [0.717, 1.165) is 11.6 Å². The Hall–Kier alpha value is -3.78. The number of aliphatic hydroxyl groups excluding tert-OH is 1. The smallest absolute Gasteiger partial charge is 0.274 e. The number of carbonyl (C=O) groups excluding carboxylic acids is 1. The molecule has 1 amide bonds. The number of rotatable bonds is 4. The van der Waals surface area contributed by atoms with Crippen LogP contribution in [0.3, 0.4) is 0 Å². The van der Waals surface area contributed by atoms with Gasteiger partial charge in [0, 0.05) is 28.3 Å². The van der Waals surface area contributed by atoms with Crippen molar-refractivity contribution >= 4 is 23.2 Å². The van der Waals surface area contributed by atoms with Gasteiger partial charge in [-0.05, 0) is 47.9 Å². The Kier molecular flexibility index (Phi) is 5.53. The van der Waals surface area contributed by atoms with Gasteiger partial charge in [0.15, 0.2) is 11.2 Å². The summed E-state index contributed by atoms with van der Waals surface area (Å²) in [5, 5.41) is 26.9. The van der Waals surface area contributed by atoms with Crippen LogP contribution >= 0.6 is 11.6 Å². The van der Waals surface area contributed by atoms with E-state index in [4.69, 9.17) is 16.3 Å². The summed E-state index contributed by atoms with van der Waals surface area (Å²) in [5.41, 5.74) is -0.849. The quantitative estimate of drug-likeness (QED) is 0.326. The molecule has 4 atom stereocenters. The number of pyridine rings is 1. The first-order valence-electron chi connectivity index (χ1n) is 11.8. The summed E-state index contributed by atoms with van der Waals surface area (Å²) in [6.07, 6.45) is -0.863. The molecule has 2 aliphatic rings. The van der Waals surface area contributed by atoms with Crippen molar-refractivity contribution in [2.45, 2.75) is 29.6 Å². The minimum absolute atomic E-state index is 0.0749. The first-order chi connectivity index (χ1) is 17.8. The second-order valence-corrected chi connectivity index (χ2v) is 9.77. The monoisotopic (exact) mass is 516 g/mol. The van der Waals surface area contributed by atoms with Gasteiger partial charge in [0.05, 0.1) is 6.10 Å². The second kappa shape index (κ2) is 8.66. The predicted octanol–water partition coefficient (Wildman–Crippen LogP) is 5.15. The fourth-order valence-electron chi connectivity index (χ4n) is 5.74. The van der Waals surface area contributed by atoms with Crippen molar-refractivity contribution in [3.63, 3.8) is 0 Å². The van der Waals surface area contributed by atoms with Crippen LogP contribution in [0.4, 0.5) is 10.1 Å². The van der Waals surface area contributed by atoms with E-state index in [-0.39, 0.29) is 12.1 Å². The minimum atomic E-state index is -1.77. The first kappa shape index (κ1) is 23.6. The summed E-state index contributed by atoms with van der Waals surface area (Å²) in [5.74, 6) is -1.42. The highest BCUT2D eigenvalue weighted by Gasteiger charge is 2.72. The number of aliphatic hydroxyl groups is 2. The molecule has 1 aromatic heterocycles. The van der Waals surface area contributed by atoms with Crippen LogP contribution in [0.25, 0.3) is 0 Å². The molecule has 1 aliphatic carbocycles. The van der Waals surface area contributed by atoms with Crippen LogP contribution in [0.2, 0.25) is 5.02 Å². The molecule has 0 radical (unpaired) electrons. The van der Waals surface area contributed by atoms with Gasteiger partial charge in [0.1, 0.15) is 11.4 Å². The molecule has 3 aromatic carbocycles. The predicted molar refractivity (Wildman–Crippen MR) is 136 cm³/mol. The van der Waals surface area contributed by atoms with Crippen LogP contribution < -0.4 is 10.1 Å². The second-order valence-electron chi connectivity index (χ2n) is 9.34. The number of nitrogens with one attached hydrogen (secondary N) is 1. The van der Waals surface area contributed by atoms with Gasteiger partial charge in [-0.2, -0.15) is 4.39 Å². The fraction of sp³-hybridized carbons (Fsp3) is 0.172. The van der Waals surface area contributed by atoms with Gasteiger partial charge in [-0.15, -0.1) is 0 Å². The van der Waals surface area contributed by atoms with Crippen LogP contribution in [0.1, 0.15) is 39.5 Å². The van der Waals surface area contributed by atoms with Gasteiger partial charge in [-0.1, -0.05) is 66.2 Å². The average Bonchev–Trinajstić information content (AvgIpc) is 3.29. The molecule has 8 heteroatoms. The number of anilines is 1. The number of amides is 1. The van der Waals surface area contributed by atoms with Gasteiger partial charge >= 0.3 is 0 Å². The fourth-order valence-corrected chi connectivity index (χ4v) is 5.86. The highest BCUT2D eigenvalue weighted by Crippen LogP contribution is 2.66. The maximum absolute atomic E-state index is 13.5. The van der Waals surface area contributed by atoms with E-state index in [0.29, 0.717) is 27.6 Å². The zero-order chi connectivity index (χ0) is 25.8. The molecule has 1 fully saturated rings. The molecular formula is C29H22ClFN2O4. The summed E-state index contributed by atoms with van der Waals surface area (Å²) < 4.78 is 20.1. The van der Waals surface area contributed by atoms with Crippen molar-refractivity contribution in [1.29, 1.82) is 0 Å². The van der Waals surface area contributed by atoms with Gasteiger partial charge in [0.25, 0.3) is 5.91 Å². The van der Waals surface area contributed by atoms with E-state index in [1.807, 2.05) is 30.3 Å². The van der Waals surface area contributed by atoms with E-state index in [1.54, 1.807) is 42.5 Å². The van der Waals surface area contributed by atoms with Crippen molar-refractivity contribution in [2.75, 3.05) is 5.32 Å². The van der Waals surface area contributed by atoms with E-state index in [9.17, 15) is 19.4 Å². The third kappa shape index (κ3) is 3.54. The molecule has 0 spiro atoms. The van der Waals surface area contributed by atoms with E-state index in [1.165, 1.54) is 12.1 Å². The molecule has 37 heavy (non-hydrogen) atoms. The molecule has 0 bridgehead atoms. The summed E-state index contributed by atoms with van der Waals surface area (Å²) in [6, 6.07) is 25.5. The third-order valence-corrected chi connectivity index (χ3v) is 7.59. The lowest BCUT2D eigenvalue weighted by atomic mass is 9.71. The Balaban J connectivity index is 1.45. The normalized spacial score (nSPS) is 25.7. The van der Waals surface area contributed by atoms with Crippen LogP contribution in [-0.2, 0) is 11.2 Å². The lowest BCUT2D eigenvalue weighted by molar-refractivity contribution is -0.149. The molecule has 0 unspecified atom stereocenters. The van der Waals surface area contributed by atoms with Gasteiger partial charge in [-0.25, -0.2) is 4.98 Å². The summed E-state index contributed by atoms with van der Waals surface area (Å²) >= 11 is 6.17. The molecule has 186 valence electrons. The summed E-state index contributed by atoms with van der Waals surface area (Å²) in [6.45, 7) is 0. The SMILES string of the molecule is O=C(Nc1ccc2c(c1)O[C@@]1(c3ccc(Cl)cc3)[C@H](c3ccccc3)C[C@H](O)[C@@]21O)c1cccc(F)n1. The summed E-state index contributed by atoms with van der Waals surface area (Å²) in [7, 11) is 0. The number of halogens is 2. The number of nitrogens with zero attached hydrogens (tertiary/aromatic N) is 1. The number of carbonyl (C=O) groups is 1. The molecular weight excluding hydrogens is 495 g/mol. The van der Waals surface area contributed by atoms with E-state index in [2.05, 4.69) is 10.3 Å². The van der Waals surface area contributed by atoms with Crippen LogP contribution in [0.5, 0.6) is 5.75 Å². The van der Waals surface area contributed by atoms with E-state index >= 15 is 0 Å². The zero-order valence-electron chi connectivity index (χ0n) is 19.4. The van der Waals surface area contributed by atoms with Crippen molar-refractivity contribution in [1.82, 2.24) is 4.98 Å². The van der Waals surface area contributed by atoms with Crippen molar-refractivity contribution in [2.24, 2.45) is 0 Å². The maximum atomic E-state index is 13.5. The van der Waals surface area contributed by atoms with Crippen molar-refractivity contribution in [3.8, 4) is 5.75 Å². The number of hydrogen-bond donors (Lipinski definition) is 3. The molecule has 3 N–H and O–H groups in total. The number of hydrogen-bond acceptors (Lipinski definition) is 5. The highest BCUT2D eigenvalue weighted by atomic mass is 35.5. The Bertz CT molecular complexity index is 1500. The van der Waals surface area contributed by atoms with Crippen LogP contribution in [-0.4, -0.2) is 27.2 Å². The molecule has 6 nitrogen and oxygen atoms in total. The molecule has 1 aliphatic heterocycles. The largest absolute Gasteiger partial charge is 0.478 e. The number of benzene rings is 3. The molecule has 0 saturated heterocycles. The average molecular weight is 517 g/mol. The van der Waals surface area contributed by atoms with Crippen molar-refractivity contribution < 1.29 is 24.1 Å². The number of aromatic nitrogens is 1. The maximum Gasteiger partial charge on any atom is 0.274 e. The molecule has 2 heterocycles. The Morgan fingerprint density at radius 1 is 1.03 bits per heavy atom. The number of ether oxygens (including phenoxy) is 1. The zero-order valence-corrected chi connectivity index (χ0v) is 20.2. The van der Waals surface area contributed by atoms with Gasteiger partial charge in [-0.3, -0.25) is 4.79 Å². The first-order valence-corrected chi connectivity index (χ1v) is 12.2. The number of fused-ring (bicyclic) bond motifs is 3. The van der Waals surface area contributed by atoms with Crippen LogP contribution in [0, 0.1) is 5.95 Å². The van der Waals surface area contributed by atoms with E-state index < -0.39 is 35.1 Å². The Morgan fingerprint density at radius 3 is 2.51 bits per heavy atom. The molecule has 6 rings (SSSR count). The standard InChI is InChI=1S/C29H22ClFN2O4/c30-19-11-9-18(10-12-19)29-22(17-5-2-1-3-6-17)16-25(34)28(29,36)21-14-13-20(15-24(21)37-29)32-27(35)23-7-4-8-26(31)33-23/h1-15,22,25,34,36H,16H2,(H,32,35)/t22-,25-,28-,29-/m0/s1. The molecule has 4 aromatic rings. The Labute approximate surface area is 217 Å². The molecule has 1 saturated carbocycles. The lowest BCUT2D eigenvalue weighted by Gasteiger charge is -2.40. The van der Waals surface area contributed by atoms with Gasteiger partial charge < -0.3 is 20.3 Å². The third-order valence-electron chi connectivity index (χ3n) is 7.34. The topological polar surface area (TPSA) is 91.7 Å². The van der Waals surface area contributed by atoms with Gasteiger partial charge in [0.2, 0.25) is 5.95 Å². The Morgan fingerprint density at radius 2 is 1.78 bits per heavy atom. The lowest BCUT2D eigenvalue weighted by Crippen LogP contribution is -2.51. The van der Waals surface area contributed by atoms with Crippen molar-refractivity contribution in [3.05, 3.63) is 124 Å².